The van der Waals surface area contributed by atoms with E-state index in [9.17, 15) is 4.79 Å². The molecule has 1 heterocycles. The molecular weight excluding hydrogens is 226 g/mol. The van der Waals surface area contributed by atoms with Gasteiger partial charge in [-0.15, -0.1) is 0 Å². The predicted octanol–water partition coefficient (Wildman–Crippen LogP) is 1.70. The predicted molar refractivity (Wildman–Crippen MR) is 72.5 cm³/mol. The summed E-state index contributed by atoms with van der Waals surface area (Å²) in [5.41, 5.74) is 1.20. The van der Waals surface area contributed by atoms with E-state index in [4.69, 9.17) is 0 Å². The van der Waals surface area contributed by atoms with Crippen molar-refractivity contribution >= 4 is 6.03 Å². The van der Waals surface area contributed by atoms with Crippen LogP contribution in [0.5, 0.6) is 0 Å². The average molecular weight is 247 g/mol. The molecule has 0 aromatic heterocycles. The van der Waals surface area contributed by atoms with Crippen molar-refractivity contribution in [3.63, 3.8) is 0 Å². The molecule has 1 aliphatic rings. The van der Waals surface area contributed by atoms with E-state index in [1.54, 1.807) is 4.90 Å². The first kappa shape index (κ1) is 12.9. The summed E-state index contributed by atoms with van der Waals surface area (Å²) in [7, 11) is 3.62. The quantitative estimate of drug-likeness (QED) is 0.820. The summed E-state index contributed by atoms with van der Waals surface area (Å²) in [6, 6.07) is 10.5. The Balaban J connectivity index is 2.25. The summed E-state index contributed by atoms with van der Waals surface area (Å²) in [6.45, 7) is 2.60. The molecular formula is C14H21N3O. The SMILES string of the molecule is CN(C)C(=O)N1CCCNCC1c1ccccc1. The summed E-state index contributed by atoms with van der Waals surface area (Å²) in [4.78, 5) is 15.9. The number of urea groups is 1. The van der Waals surface area contributed by atoms with Crippen LogP contribution < -0.4 is 5.32 Å². The molecule has 1 aromatic carbocycles. The lowest BCUT2D eigenvalue weighted by Gasteiger charge is -2.32. The molecule has 1 aromatic rings. The molecule has 0 spiro atoms. The fourth-order valence-corrected chi connectivity index (χ4v) is 2.34. The lowest BCUT2D eigenvalue weighted by Crippen LogP contribution is -2.43. The van der Waals surface area contributed by atoms with Crippen molar-refractivity contribution in [2.45, 2.75) is 12.5 Å². The summed E-state index contributed by atoms with van der Waals surface area (Å²) in [6.07, 6.45) is 1.00. The van der Waals surface area contributed by atoms with Crippen LogP contribution in [0.4, 0.5) is 4.79 Å². The van der Waals surface area contributed by atoms with Gasteiger partial charge in [0.2, 0.25) is 0 Å². The molecule has 1 fully saturated rings. The minimum Gasteiger partial charge on any atom is -0.331 e. The third-order valence-corrected chi connectivity index (χ3v) is 3.28. The molecule has 1 saturated heterocycles. The molecule has 4 heteroatoms. The van der Waals surface area contributed by atoms with Gasteiger partial charge in [0.1, 0.15) is 0 Å². The van der Waals surface area contributed by atoms with Crippen molar-refractivity contribution in [1.29, 1.82) is 0 Å². The van der Waals surface area contributed by atoms with Gasteiger partial charge in [-0.25, -0.2) is 4.79 Å². The number of hydrogen-bond donors (Lipinski definition) is 1. The van der Waals surface area contributed by atoms with E-state index >= 15 is 0 Å². The number of benzene rings is 1. The van der Waals surface area contributed by atoms with E-state index in [-0.39, 0.29) is 12.1 Å². The highest BCUT2D eigenvalue weighted by atomic mass is 16.2. The Labute approximate surface area is 109 Å². The number of amides is 2. The van der Waals surface area contributed by atoms with Crippen LogP contribution >= 0.6 is 0 Å². The second-order valence-electron chi connectivity index (χ2n) is 4.85. The highest BCUT2D eigenvalue weighted by Gasteiger charge is 2.27. The maximum Gasteiger partial charge on any atom is 0.320 e. The minimum atomic E-state index is 0.0903. The molecule has 0 aliphatic carbocycles. The van der Waals surface area contributed by atoms with Crippen LogP contribution in [-0.4, -0.2) is 49.6 Å². The number of carbonyl (C=O) groups excluding carboxylic acids is 1. The number of hydrogen-bond acceptors (Lipinski definition) is 2. The van der Waals surface area contributed by atoms with Crippen molar-refractivity contribution in [3.8, 4) is 0 Å². The molecule has 4 nitrogen and oxygen atoms in total. The van der Waals surface area contributed by atoms with Crippen LogP contribution in [0.1, 0.15) is 18.0 Å². The highest BCUT2D eigenvalue weighted by Crippen LogP contribution is 2.22. The highest BCUT2D eigenvalue weighted by molar-refractivity contribution is 5.74. The zero-order valence-electron chi connectivity index (χ0n) is 11.1. The number of rotatable bonds is 1. The van der Waals surface area contributed by atoms with Gasteiger partial charge in [-0.05, 0) is 18.5 Å². The van der Waals surface area contributed by atoms with Crippen LogP contribution in [0.15, 0.2) is 30.3 Å². The molecule has 1 N–H and O–H groups in total. The van der Waals surface area contributed by atoms with Crippen molar-refractivity contribution in [3.05, 3.63) is 35.9 Å². The topological polar surface area (TPSA) is 35.6 Å². The Morgan fingerprint density at radius 3 is 2.72 bits per heavy atom. The van der Waals surface area contributed by atoms with Gasteiger partial charge in [0.15, 0.2) is 0 Å². The maximum absolute atomic E-state index is 12.3. The van der Waals surface area contributed by atoms with Gasteiger partial charge in [-0.1, -0.05) is 30.3 Å². The van der Waals surface area contributed by atoms with E-state index in [0.29, 0.717) is 0 Å². The zero-order valence-corrected chi connectivity index (χ0v) is 11.1. The summed E-state index contributed by atoms with van der Waals surface area (Å²) in [5.74, 6) is 0. The molecule has 2 amide bonds. The van der Waals surface area contributed by atoms with Crippen LogP contribution in [-0.2, 0) is 0 Å². The number of carbonyl (C=O) groups is 1. The first-order chi connectivity index (χ1) is 8.70. The molecule has 98 valence electrons. The van der Waals surface area contributed by atoms with Crippen LogP contribution in [0, 0.1) is 0 Å². The fraction of sp³-hybridized carbons (Fsp3) is 0.500. The largest absolute Gasteiger partial charge is 0.331 e. The van der Waals surface area contributed by atoms with E-state index < -0.39 is 0 Å². The van der Waals surface area contributed by atoms with E-state index in [0.717, 1.165) is 26.1 Å². The molecule has 0 bridgehead atoms. The molecule has 18 heavy (non-hydrogen) atoms. The van der Waals surface area contributed by atoms with Crippen molar-refractivity contribution in [2.24, 2.45) is 0 Å². The summed E-state index contributed by atoms with van der Waals surface area (Å²) < 4.78 is 0. The van der Waals surface area contributed by atoms with Crippen LogP contribution in [0.25, 0.3) is 0 Å². The minimum absolute atomic E-state index is 0.0903. The second kappa shape index (κ2) is 5.87. The lowest BCUT2D eigenvalue weighted by molar-refractivity contribution is 0.153. The van der Waals surface area contributed by atoms with E-state index in [1.165, 1.54) is 5.56 Å². The summed E-state index contributed by atoms with van der Waals surface area (Å²) >= 11 is 0. The van der Waals surface area contributed by atoms with Crippen LogP contribution in [0.3, 0.4) is 0 Å². The maximum atomic E-state index is 12.3. The first-order valence-electron chi connectivity index (χ1n) is 6.43. The Kier molecular flexibility index (Phi) is 4.20. The molecule has 0 saturated carbocycles. The number of nitrogens with zero attached hydrogens (tertiary/aromatic N) is 2. The smallest absolute Gasteiger partial charge is 0.320 e. The molecule has 1 atom stereocenters. The molecule has 2 rings (SSSR count). The van der Waals surface area contributed by atoms with Gasteiger partial charge in [0, 0.05) is 27.2 Å². The third-order valence-electron chi connectivity index (χ3n) is 3.28. The van der Waals surface area contributed by atoms with Gasteiger partial charge in [-0.3, -0.25) is 0 Å². The first-order valence-corrected chi connectivity index (χ1v) is 6.43. The Morgan fingerprint density at radius 2 is 2.06 bits per heavy atom. The lowest BCUT2D eigenvalue weighted by atomic mass is 10.1. The number of nitrogens with one attached hydrogen (secondary N) is 1. The summed E-state index contributed by atoms with van der Waals surface area (Å²) in [5, 5.41) is 3.41. The fourth-order valence-electron chi connectivity index (χ4n) is 2.34. The molecule has 1 aliphatic heterocycles. The van der Waals surface area contributed by atoms with Gasteiger partial charge in [-0.2, -0.15) is 0 Å². The zero-order chi connectivity index (χ0) is 13.0. The standard InChI is InChI=1S/C14H21N3O/c1-16(2)14(18)17-10-6-9-15-11-13(17)12-7-4-3-5-8-12/h3-5,7-8,13,15H,6,9-11H2,1-2H3. The Hall–Kier alpha value is -1.55. The van der Waals surface area contributed by atoms with Crippen molar-refractivity contribution in [1.82, 2.24) is 15.1 Å². The van der Waals surface area contributed by atoms with Crippen LogP contribution in [0.2, 0.25) is 0 Å². The Morgan fingerprint density at radius 1 is 1.33 bits per heavy atom. The van der Waals surface area contributed by atoms with Gasteiger partial charge in [0.05, 0.1) is 6.04 Å². The van der Waals surface area contributed by atoms with Gasteiger partial charge in [0.25, 0.3) is 0 Å². The van der Waals surface area contributed by atoms with Crippen molar-refractivity contribution in [2.75, 3.05) is 33.7 Å². The average Bonchev–Trinajstić information content (AvgIpc) is 2.64. The Bertz CT molecular complexity index is 391. The van der Waals surface area contributed by atoms with Crippen molar-refractivity contribution < 1.29 is 4.79 Å². The van der Waals surface area contributed by atoms with E-state index in [2.05, 4.69) is 17.4 Å². The van der Waals surface area contributed by atoms with Gasteiger partial charge < -0.3 is 15.1 Å². The molecule has 0 radical (unpaired) electrons. The second-order valence-corrected chi connectivity index (χ2v) is 4.85. The van der Waals surface area contributed by atoms with Gasteiger partial charge >= 0.3 is 6.03 Å². The monoisotopic (exact) mass is 247 g/mol. The normalized spacial score (nSPS) is 20.3. The molecule has 1 unspecified atom stereocenters. The third kappa shape index (κ3) is 2.82. The van der Waals surface area contributed by atoms with E-state index in [1.807, 2.05) is 37.2 Å².